The summed E-state index contributed by atoms with van der Waals surface area (Å²) in [4.78, 5) is 0. The molecule has 0 aliphatic heterocycles. The van der Waals surface area contributed by atoms with Gasteiger partial charge in [-0.3, -0.25) is 0 Å². The summed E-state index contributed by atoms with van der Waals surface area (Å²) >= 11 is 3.54. The second-order valence-electron chi connectivity index (χ2n) is 3.76. The largest absolute Gasteiger partial charge is 0.508 e. The number of hydrogen-bond acceptors (Lipinski definition) is 1. The molecule has 0 spiro atoms. The van der Waals surface area contributed by atoms with Crippen molar-refractivity contribution in [3.63, 3.8) is 0 Å². The summed E-state index contributed by atoms with van der Waals surface area (Å²) in [5.41, 5.74) is 2.56. The molecule has 0 radical (unpaired) electrons. The third kappa shape index (κ3) is 2.86. The summed E-state index contributed by atoms with van der Waals surface area (Å²) in [5.74, 6) is 0.324. The zero-order valence-corrected chi connectivity index (χ0v) is 10.4. The van der Waals surface area contributed by atoms with Gasteiger partial charge in [0, 0.05) is 4.47 Å². The van der Waals surface area contributed by atoms with Crippen molar-refractivity contribution in [3.05, 3.63) is 64.1 Å². The third-order valence-corrected chi connectivity index (χ3v) is 3.35. The monoisotopic (exact) mass is 276 g/mol. The SMILES string of the molecule is Oc1ccc(CCc2ccccc2Br)cc1. The summed E-state index contributed by atoms with van der Waals surface area (Å²) in [5, 5.41) is 9.18. The van der Waals surface area contributed by atoms with E-state index >= 15 is 0 Å². The molecule has 2 rings (SSSR count). The Bertz CT molecular complexity index is 462. The highest BCUT2D eigenvalue weighted by Crippen LogP contribution is 2.18. The Morgan fingerprint density at radius 2 is 1.56 bits per heavy atom. The third-order valence-electron chi connectivity index (χ3n) is 2.58. The Morgan fingerprint density at radius 3 is 2.25 bits per heavy atom. The van der Waals surface area contributed by atoms with Gasteiger partial charge in [-0.05, 0) is 42.2 Å². The van der Waals surface area contributed by atoms with Crippen LogP contribution in [0.25, 0.3) is 0 Å². The standard InChI is InChI=1S/C14H13BrO/c15-14-4-2-1-3-12(14)8-5-11-6-9-13(16)10-7-11/h1-4,6-7,9-10,16H,5,8H2. The molecule has 82 valence electrons. The van der Waals surface area contributed by atoms with Gasteiger partial charge in [-0.2, -0.15) is 0 Å². The molecule has 0 saturated carbocycles. The van der Waals surface area contributed by atoms with Crippen LogP contribution in [0.5, 0.6) is 5.75 Å². The number of benzene rings is 2. The lowest BCUT2D eigenvalue weighted by Crippen LogP contribution is -1.91. The molecule has 0 fully saturated rings. The summed E-state index contributed by atoms with van der Waals surface area (Å²) < 4.78 is 1.16. The predicted octanol–water partition coefficient (Wildman–Crippen LogP) is 3.94. The van der Waals surface area contributed by atoms with E-state index in [0.29, 0.717) is 5.75 Å². The van der Waals surface area contributed by atoms with Gasteiger partial charge in [-0.1, -0.05) is 46.3 Å². The number of halogens is 1. The van der Waals surface area contributed by atoms with Crippen LogP contribution in [0.1, 0.15) is 11.1 Å². The first-order valence-corrected chi connectivity index (χ1v) is 6.06. The average molecular weight is 277 g/mol. The highest BCUT2D eigenvalue weighted by Gasteiger charge is 1.99. The normalized spacial score (nSPS) is 10.3. The highest BCUT2D eigenvalue weighted by molar-refractivity contribution is 9.10. The molecule has 0 aliphatic carbocycles. The topological polar surface area (TPSA) is 20.2 Å². The second kappa shape index (κ2) is 5.17. The Hall–Kier alpha value is -1.28. The molecule has 2 heteroatoms. The van der Waals surface area contributed by atoms with Gasteiger partial charge in [-0.25, -0.2) is 0 Å². The summed E-state index contributed by atoms with van der Waals surface area (Å²) in [7, 11) is 0. The quantitative estimate of drug-likeness (QED) is 0.901. The summed E-state index contributed by atoms with van der Waals surface area (Å²) in [6.07, 6.45) is 2.00. The highest BCUT2D eigenvalue weighted by atomic mass is 79.9. The van der Waals surface area contributed by atoms with E-state index in [1.807, 2.05) is 18.2 Å². The number of rotatable bonds is 3. The maximum absolute atomic E-state index is 9.18. The van der Waals surface area contributed by atoms with Gasteiger partial charge in [0.15, 0.2) is 0 Å². The number of aryl methyl sites for hydroxylation is 2. The first kappa shape index (κ1) is 11.2. The van der Waals surface area contributed by atoms with Crippen molar-refractivity contribution in [3.8, 4) is 5.75 Å². The molecule has 1 nitrogen and oxygen atoms in total. The molecule has 2 aromatic carbocycles. The molecule has 0 heterocycles. The average Bonchev–Trinajstić information content (AvgIpc) is 2.30. The van der Waals surface area contributed by atoms with Crippen LogP contribution in [0.15, 0.2) is 53.0 Å². The van der Waals surface area contributed by atoms with E-state index in [9.17, 15) is 5.11 Å². The van der Waals surface area contributed by atoms with Crippen LogP contribution >= 0.6 is 15.9 Å². The number of aromatic hydroxyl groups is 1. The van der Waals surface area contributed by atoms with Gasteiger partial charge < -0.3 is 5.11 Å². The fourth-order valence-corrected chi connectivity index (χ4v) is 2.13. The molecule has 0 amide bonds. The minimum Gasteiger partial charge on any atom is -0.508 e. The van der Waals surface area contributed by atoms with E-state index in [4.69, 9.17) is 0 Å². The molecule has 0 bridgehead atoms. The van der Waals surface area contributed by atoms with Crippen LogP contribution in [0.3, 0.4) is 0 Å². The van der Waals surface area contributed by atoms with E-state index in [2.05, 4.69) is 34.1 Å². The number of phenolic OH excluding ortho intramolecular Hbond substituents is 1. The van der Waals surface area contributed by atoms with Crippen molar-refractivity contribution in [1.82, 2.24) is 0 Å². The van der Waals surface area contributed by atoms with Gasteiger partial charge in [0.2, 0.25) is 0 Å². The predicted molar refractivity (Wildman–Crippen MR) is 69.7 cm³/mol. The van der Waals surface area contributed by atoms with Crippen molar-refractivity contribution >= 4 is 15.9 Å². The Labute approximate surface area is 104 Å². The minimum atomic E-state index is 0.324. The Morgan fingerprint density at radius 1 is 0.875 bits per heavy atom. The number of hydrogen-bond donors (Lipinski definition) is 1. The van der Waals surface area contributed by atoms with Gasteiger partial charge in [0.25, 0.3) is 0 Å². The van der Waals surface area contributed by atoms with Crippen molar-refractivity contribution in [2.75, 3.05) is 0 Å². The maximum atomic E-state index is 9.18. The van der Waals surface area contributed by atoms with Crippen LogP contribution in [0.2, 0.25) is 0 Å². The Balaban J connectivity index is 2.02. The smallest absolute Gasteiger partial charge is 0.115 e. The van der Waals surface area contributed by atoms with E-state index in [1.165, 1.54) is 11.1 Å². The lowest BCUT2D eigenvalue weighted by Gasteiger charge is -2.04. The fraction of sp³-hybridized carbons (Fsp3) is 0.143. The summed E-state index contributed by atoms with van der Waals surface area (Å²) in [6.45, 7) is 0. The van der Waals surface area contributed by atoms with Crippen molar-refractivity contribution < 1.29 is 5.11 Å². The van der Waals surface area contributed by atoms with E-state index < -0.39 is 0 Å². The molecule has 2 aromatic rings. The van der Waals surface area contributed by atoms with Crippen molar-refractivity contribution in [2.45, 2.75) is 12.8 Å². The molecule has 0 aliphatic rings. The molecule has 0 atom stereocenters. The molecular weight excluding hydrogens is 264 g/mol. The van der Waals surface area contributed by atoms with Crippen LogP contribution in [0.4, 0.5) is 0 Å². The maximum Gasteiger partial charge on any atom is 0.115 e. The van der Waals surface area contributed by atoms with Gasteiger partial charge >= 0.3 is 0 Å². The van der Waals surface area contributed by atoms with E-state index in [0.717, 1.165) is 17.3 Å². The minimum absolute atomic E-state index is 0.324. The zero-order valence-electron chi connectivity index (χ0n) is 8.86. The first-order chi connectivity index (χ1) is 7.75. The first-order valence-electron chi connectivity index (χ1n) is 5.27. The van der Waals surface area contributed by atoms with Crippen LogP contribution < -0.4 is 0 Å². The lowest BCUT2D eigenvalue weighted by atomic mass is 10.0. The Kier molecular flexibility index (Phi) is 3.62. The molecule has 0 aromatic heterocycles. The summed E-state index contributed by atoms with van der Waals surface area (Å²) in [6, 6.07) is 15.7. The second-order valence-corrected chi connectivity index (χ2v) is 4.61. The van der Waals surface area contributed by atoms with Crippen LogP contribution in [-0.2, 0) is 12.8 Å². The van der Waals surface area contributed by atoms with Gasteiger partial charge in [0.05, 0.1) is 0 Å². The number of phenols is 1. The fourth-order valence-electron chi connectivity index (χ4n) is 1.64. The van der Waals surface area contributed by atoms with E-state index in [1.54, 1.807) is 12.1 Å². The van der Waals surface area contributed by atoms with Crippen LogP contribution in [-0.4, -0.2) is 5.11 Å². The van der Waals surface area contributed by atoms with Gasteiger partial charge in [0.1, 0.15) is 5.75 Å². The van der Waals surface area contributed by atoms with Gasteiger partial charge in [-0.15, -0.1) is 0 Å². The molecular formula is C14H13BrO. The zero-order chi connectivity index (χ0) is 11.4. The lowest BCUT2D eigenvalue weighted by molar-refractivity contribution is 0.475. The van der Waals surface area contributed by atoms with E-state index in [-0.39, 0.29) is 0 Å². The van der Waals surface area contributed by atoms with Crippen molar-refractivity contribution in [1.29, 1.82) is 0 Å². The van der Waals surface area contributed by atoms with Crippen LogP contribution in [0, 0.1) is 0 Å². The molecule has 0 saturated heterocycles. The molecule has 1 N–H and O–H groups in total. The molecule has 16 heavy (non-hydrogen) atoms. The molecule has 0 unspecified atom stereocenters. The van der Waals surface area contributed by atoms with Crippen molar-refractivity contribution in [2.24, 2.45) is 0 Å².